The zero-order valence-corrected chi connectivity index (χ0v) is 12.8. The van der Waals surface area contributed by atoms with Gasteiger partial charge in [0.15, 0.2) is 5.78 Å². The lowest BCUT2D eigenvalue weighted by Gasteiger charge is -2.26. The topological polar surface area (TPSA) is 22.0 Å². The van der Waals surface area contributed by atoms with Gasteiger partial charge in [0.25, 0.3) is 0 Å². The maximum Gasteiger partial charge on any atom is 0.179 e. The van der Waals surface area contributed by atoms with Gasteiger partial charge in [0.1, 0.15) is 0 Å². The molecule has 0 spiro atoms. The molecule has 3 heteroatoms. The van der Waals surface area contributed by atoms with Crippen LogP contribution in [0.15, 0.2) is 6.07 Å². The van der Waals surface area contributed by atoms with Crippen LogP contribution in [0, 0.1) is 19.8 Å². The summed E-state index contributed by atoms with van der Waals surface area (Å²) >= 11 is 5.66. The van der Waals surface area contributed by atoms with Gasteiger partial charge in [-0.05, 0) is 32.8 Å². The molecule has 0 aliphatic heterocycles. The molecule has 0 amide bonds. The molecule has 1 atom stereocenters. The third kappa shape index (κ3) is 2.80. The van der Waals surface area contributed by atoms with Gasteiger partial charge < -0.3 is 4.57 Å². The van der Waals surface area contributed by atoms with Crippen molar-refractivity contribution in [3.05, 3.63) is 23.0 Å². The summed E-state index contributed by atoms with van der Waals surface area (Å²) in [5.41, 5.74) is 2.98. The van der Waals surface area contributed by atoms with E-state index < -0.39 is 0 Å². The van der Waals surface area contributed by atoms with E-state index in [1.54, 1.807) is 0 Å². The fourth-order valence-corrected chi connectivity index (χ4v) is 3.08. The molecule has 1 unspecified atom stereocenters. The molecule has 1 heterocycles. The lowest BCUT2D eigenvalue weighted by molar-refractivity contribution is 0.102. The van der Waals surface area contributed by atoms with E-state index in [1.165, 1.54) is 0 Å². The van der Waals surface area contributed by atoms with E-state index in [2.05, 4.69) is 32.3 Å². The monoisotopic (exact) mass is 269 g/mol. The van der Waals surface area contributed by atoms with Gasteiger partial charge in [0, 0.05) is 23.0 Å². The van der Waals surface area contributed by atoms with Crippen molar-refractivity contribution in [3.63, 3.8) is 0 Å². The summed E-state index contributed by atoms with van der Waals surface area (Å²) < 4.78 is 2.29. The lowest BCUT2D eigenvalue weighted by Crippen LogP contribution is -2.18. The van der Waals surface area contributed by atoms with Gasteiger partial charge in [0.2, 0.25) is 0 Å². The van der Waals surface area contributed by atoms with Crippen LogP contribution in [-0.2, 0) is 0 Å². The summed E-state index contributed by atoms with van der Waals surface area (Å²) in [5, 5.41) is 0. The fourth-order valence-electron chi connectivity index (χ4n) is 2.94. The van der Waals surface area contributed by atoms with Gasteiger partial charge in [-0.2, -0.15) is 0 Å². The van der Waals surface area contributed by atoms with Gasteiger partial charge >= 0.3 is 0 Å². The molecular weight excluding hydrogens is 246 g/mol. The van der Waals surface area contributed by atoms with Crippen molar-refractivity contribution in [2.24, 2.45) is 5.92 Å². The number of carbonyl (C=O) groups is 1. The summed E-state index contributed by atoms with van der Waals surface area (Å²) in [6, 6.07) is 2.40. The summed E-state index contributed by atoms with van der Waals surface area (Å²) in [7, 11) is 0. The highest BCUT2D eigenvalue weighted by Gasteiger charge is 2.22. The van der Waals surface area contributed by atoms with Crippen LogP contribution in [0.3, 0.4) is 0 Å². The Morgan fingerprint density at radius 1 is 1.33 bits per heavy atom. The SMILES string of the molecule is CCC(CC)C(C)n1c(C)cc(C(=O)CCl)c1C. The van der Waals surface area contributed by atoms with Crippen LogP contribution >= 0.6 is 11.6 Å². The van der Waals surface area contributed by atoms with Crippen molar-refractivity contribution >= 4 is 17.4 Å². The highest BCUT2D eigenvalue weighted by atomic mass is 35.5. The largest absolute Gasteiger partial charge is 0.345 e. The van der Waals surface area contributed by atoms with E-state index >= 15 is 0 Å². The molecule has 2 nitrogen and oxygen atoms in total. The molecule has 0 fully saturated rings. The van der Waals surface area contributed by atoms with E-state index in [9.17, 15) is 4.79 Å². The third-order valence-electron chi connectivity index (χ3n) is 4.04. The summed E-state index contributed by atoms with van der Waals surface area (Å²) in [4.78, 5) is 11.8. The summed E-state index contributed by atoms with van der Waals surface area (Å²) in [6.07, 6.45) is 2.32. The molecule has 0 aliphatic rings. The minimum atomic E-state index is 0.0211. The standard InChI is InChI=1S/C15H24ClNO/c1-6-13(7-2)11(4)17-10(3)8-14(12(17)5)15(18)9-16/h8,11,13H,6-7,9H2,1-5H3. The number of nitrogens with zero attached hydrogens (tertiary/aromatic N) is 1. The molecule has 0 saturated carbocycles. The predicted octanol–water partition coefficient (Wildman–Crippen LogP) is 4.52. The Hall–Kier alpha value is -0.760. The molecule has 1 aromatic heterocycles. The molecule has 102 valence electrons. The van der Waals surface area contributed by atoms with Crippen molar-refractivity contribution in [1.29, 1.82) is 0 Å². The van der Waals surface area contributed by atoms with E-state index in [4.69, 9.17) is 11.6 Å². The van der Waals surface area contributed by atoms with Crippen LogP contribution in [0.25, 0.3) is 0 Å². The lowest BCUT2D eigenvalue weighted by atomic mass is 9.95. The number of aromatic nitrogens is 1. The predicted molar refractivity (Wildman–Crippen MR) is 77.7 cm³/mol. The number of halogens is 1. The van der Waals surface area contributed by atoms with Crippen molar-refractivity contribution < 1.29 is 4.79 Å². The minimum Gasteiger partial charge on any atom is -0.345 e. The average molecular weight is 270 g/mol. The van der Waals surface area contributed by atoms with Crippen LogP contribution < -0.4 is 0 Å². The van der Waals surface area contributed by atoms with E-state index in [-0.39, 0.29) is 11.7 Å². The van der Waals surface area contributed by atoms with Crippen LogP contribution in [-0.4, -0.2) is 16.2 Å². The van der Waals surface area contributed by atoms with Gasteiger partial charge in [-0.15, -0.1) is 11.6 Å². The van der Waals surface area contributed by atoms with Crippen molar-refractivity contribution in [1.82, 2.24) is 4.57 Å². The first-order valence-corrected chi connectivity index (χ1v) is 7.28. The normalized spacial score (nSPS) is 13.1. The molecule has 0 radical (unpaired) electrons. The number of Topliss-reactive ketones (excluding diaryl/α,β-unsaturated/α-hetero) is 1. The summed E-state index contributed by atoms with van der Waals surface area (Å²) in [5.74, 6) is 0.727. The first-order valence-electron chi connectivity index (χ1n) is 6.75. The molecule has 0 aliphatic carbocycles. The zero-order chi connectivity index (χ0) is 13.9. The Kier molecular flexibility index (Phi) is 5.46. The molecule has 0 aromatic carbocycles. The van der Waals surface area contributed by atoms with E-state index in [0.29, 0.717) is 12.0 Å². The fraction of sp³-hybridized carbons (Fsp3) is 0.667. The van der Waals surface area contributed by atoms with Crippen LogP contribution in [0.2, 0.25) is 0 Å². The van der Waals surface area contributed by atoms with Gasteiger partial charge in [-0.25, -0.2) is 0 Å². The second-order valence-electron chi connectivity index (χ2n) is 5.03. The van der Waals surface area contributed by atoms with Crippen molar-refractivity contribution in [3.8, 4) is 0 Å². The zero-order valence-electron chi connectivity index (χ0n) is 12.1. The second kappa shape index (κ2) is 6.42. The van der Waals surface area contributed by atoms with Gasteiger partial charge in [0.05, 0.1) is 5.88 Å². The molecule has 1 rings (SSSR count). The first-order chi connectivity index (χ1) is 8.47. The average Bonchev–Trinajstić information content (AvgIpc) is 2.65. The highest BCUT2D eigenvalue weighted by Crippen LogP contribution is 2.29. The number of alkyl halides is 1. The molecular formula is C15H24ClNO. The Balaban J connectivity index is 3.17. The number of hydrogen-bond donors (Lipinski definition) is 0. The molecule has 18 heavy (non-hydrogen) atoms. The Bertz CT molecular complexity index is 418. The maximum atomic E-state index is 11.8. The minimum absolute atomic E-state index is 0.0211. The molecule has 0 N–H and O–H groups in total. The Morgan fingerprint density at radius 3 is 2.33 bits per heavy atom. The number of rotatable bonds is 6. The first kappa shape index (κ1) is 15.3. The number of carbonyl (C=O) groups excluding carboxylic acids is 1. The number of hydrogen-bond acceptors (Lipinski definition) is 1. The second-order valence-corrected chi connectivity index (χ2v) is 5.30. The van der Waals surface area contributed by atoms with Crippen molar-refractivity contribution in [2.45, 2.75) is 53.5 Å². The third-order valence-corrected chi connectivity index (χ3v) is 4.29. The Labute approximate surface area is 115 Å². The smallest absolute Gasteiger partial charge is 0.179 e. The van der Waals surface area contributed by atoms with Gasteiger partial charge in [-0.1, -0.05) is 26.7 Å². The van der Waals surface area contributed by atoms with Crippen LogP contribution in [0.5, 0.6) is 0 Å². The maximum absolute atomic E-state index is 11.8. The van der Waals surface area contributed by atoms with Crippen LogP contribution in [0.4, 0.5) is 0 Å². The van der Waals surface area contributed by atoms with E-state index in [1.807, 2.05) is 13.0 Å². The molecule has 0 saturated heterocycles. The summed E-state index contributed by atoms with van der Waals surface area (Å²) in [6.45, 7) is 10.8. The number of aryl methyl sites for hydroxylation is 1. The van der Waals surface area contributed by atoms with Gasteiger partial charge in [-0.3, -0.25) is 4.79 Å². The quantitative estimate of drug-likeness (QED) is 0.550. The molecule has 0 bridgehead atoms. The number of ketones is 1. The Morgan fingerprint density at radius 2 is 1.89 bits per heavy atom. The van der Waals surface area contributed by atoms with Crippen LogP contribution in [0.1, 0.15) is 61.4 Å². The molecule has 1 aromatic rings. The van der Waals surface area contributed by atoms with Crippen molar-refractivity contribution in [2.75, 3.05) is 5.88 Å². The van der Waals surface area contributed by atoms with E-state index in [0.717, 1.165) is 29.8 Å². The highest BCUT2D eigenvalue weighted by molar-refractivity contribution is 6.30.